The van der Waals surface area contributed by atoms with E-state index in [1.54, 1.807) is 19.9 Å². The van der Waals surface area contributed by atoms with Gasteiger partial charge < -0.3 is 14.9 Å². The first-order chi connectivity index (χ1) is 15.9. The van der Waals surface area contributed by atoms with Gasteiger partial charge in [-0.3, -0.25) is 14.4 Å². The molecular weight excluding hydrogens is 463 g/mol. The summed E-state index contributed by atoms with van der Waals surface area (Å²) in [5, 5.41) is 21.4. The number of carbonyl (C=O) groups is 3. The van der Waals surface area contributed by atoms with Crippen LogP contribution in [0.1, 0.15) is 65.7 Å². The number of Topliss-reactive ketones (excluding diaryl/α,β-unsaturated/α-hetero) is 1. The summed E-state index contributed by atoms with van der Waals surface area (Å²) in [7, 11) is 0. The molecule has 0 aromatic rings. The summed E-state index contributed by atoms with van der Waals surface area (Å²) in [5.41, 5.74) is -3.44. The Morgan fingerprint density at radius 2 is 2.00 bits per heavy atom. The number of carbonyl (C=O) groups excluding carboxylic acids is 3. The second-order valence-corrected chi connectivity index (χ2v) is 11.5. The Morgan fingerprint density at radius 1 is 1.29 bits per heavy atom. The normalized spacial score (nSPS) is 45.1. The van der Waals surface area contributed by atoms with E-state index in [9.17, 15) is 24.6 Å². The Kier molecular flexibility index (Phi) is 6.40. The summed E-state index contributed by atoms with van der Waals surface area (Å²) in [5.74, 6) is -2.29. The highest BCUT2D eigenvalue weighted by Crippen LogP contribution is 2.71. The molecule has 0 spiro atoms. The molecular formula is C26H34ClFO6. The minimum Gasteiger partial charge on any atom is -0.450 e. The van der Waals surface area contributed by atoms with Gasteiger partial charge in [0.2, 0.25) is 5.78 Å². The maximum atomic E-state index is 15.6. The Labute approximate surface area is 204 Å². The van der Waals surface area contributed by atoms with Crippen molar-refractivity contribution < 1.29 is 33.7 Å². The van der Waals surface area contributed by atoms with Crippen molar-refractivity contribution in [3.63, 3.8) is 0 Å². The number of halogens is 2. The summed E-state index contributed by atoms with van der Waals surface area (Å²) in [4.78, 5) is 36.6. The van der Waals surface area contributed by atoms with Crippen LogP contribution in [-0.4, -0.2) is 57.1 Å². The molecule has 6 nitrogen and oxygen atoms in total. The van der Waals surface area contributed by atoms with Gasteiger partial charge in [0.1, 0.15) is 12.8 Å². The lowest BCUT2D eigenvalue weighted by Gasteiger charge is -2.64. The second kappa shape index (κ2) is 8.52. The van der Waals surface area contributed by atoms with Crippen LogP contribution in [0, 0.1) is 22.7 Å². The van der Waals surface area contributed by atoms with Gasteiger partial charge in [-0.05, 0) is 61.7 Å². The fourth-order valence-corrected chi connectivity index (χ4v) is 8.06. The van der Waals surface area contributed by atoms with E-state index in [0.29, 0.717) is 12.8 Å². The summed E-state index contributed by atoms with van der Waals surface area (Å²) < 4.78 is 21.5. The van der Waals surface area contributed by atoms with Crippen LogP contribution >= 0.6 is 11.6 Å². The Hall–Kier alpha value is -1.57. The van der Waals surface area contributed by atoms with Crippen LogP contribution in [0.25, 0.3) is 0 Å². The number of hydrogen-bond acceptors (Lipinski definition) is 6. The molecule has 8 atom stereocenters. The summed E-state index contributed by atoms with van der Waals surface area (Å²) in [6, 6.07) is 0. The lowest BCUT2D eigenvalue weighted by molar-refractivity contribution is -0.198. The monoisotopic (exact) mass is 496 g/mol. The summed E-state index contributed by atoms with van der Waals surface area (Å²) >= 11 is 7.30. The quantitative estimate of drug-likeness (QED) is 0.430. The maximum Gasteiger partial charge on any atom is 0.306 e. The van der Waals surface area contributed by atoms with Crippen LogP contribution in [0.4, 0.5) is 4.39 Å². The number of aliphatic hydroxyl groups is 2. The van der Waals surface area contributed by atoms with Crippen molar-refractivity contribution in [2.24, 2.45) is 22.7 Å². The van der Waals surface area contributed by atoms with Gasteiger partial charge in [0, 0.05) is 17.3 Å². The highest BCUT2D eigenvalue weighted by molar-refractivity contribution is 6.26. The number of unbranched alkanes of at least 4 members (excludes halogenated alkanes) is 1. The van der Waals surface area contributed by atoms with Crippen LogP contribution < -0.4 is 0 Å². The zero-order chi connectivity index (χ0) is 25.1. The van der Waals surface area contributed by atoms with Crippen molar-refractivity contribution in [1.29, 1.82) is 0 Å². The third-order valence-electron chi connectivity index (χ3n) is 9.37. The first kappa shape index (κ1) is 25.5. The molecule has 2 N–H and O–H groups in total. The van der Waals surface area contributed by atoms with E-state index in [2.05, 4.69) is 0 Å². The molecule has 4 rings (SSSR count). The van der Waals surface area contributed by atoms with Gasteiger partial charge >= 0.3 is 5.97 Å². The SMILES string of the molecule is CCCCC(=O)O[C@]1(C(=O)CO)CC[C@H]2[C@@H]3C[C@H](F)C4=CC(=O)C=C[C@]4(C)[C@@]3(Cl)C(O)C[C@@]21C. The van der Waals surface area contributed by atoms with Crippen molar-refractivity contribution in [1.82, 2.24) is 0 Å². The molecule has 0 aromatic heterocycles. The van der Waals surface area contributed by atoms with E-state index in [1.165, 1.54) is 12.2 Å². The largest absolute Gasteiger partial charge is 0.450 e. The van der Waals surface area contributed by atoms with Crippen LogP contribution in [0.3, 0.4) is 0 Å². The number of rotatable bonds is 6. The highest BCUT2D eigenvalue weighted by Gasteiger charge is 2.75. The predicted octanol–water partition coefficient (Wildman–Crippen LogP) is 3.61. The third-order valence-corrected chi connectivity index (χ3v) is 10.3. The van der Waals surface area contributed by atoms with E-state index < -0.39 is 57.9 Å². The van der Waals surface area contributed by atoms with Gasteiger partial charge in [-0.1, -0.05) is 33.3 Å². The molecule has 0 radical (unpaired) electrons. The smallest absolute Gasteiger partial charge is 0.306 e. The predicted molar refractivity (Wildman–Crippen MR) is 124 cm³/mol. The van der Waals surface area contributed by atoms with Gasteiger partial charge in [0.15, 0.2) is 11.4 Å². The minimum absolute atomic E-state index is 0.00344. The summed E-state index contributed by atoms with van der Waals surface area (Å²) in [6.45, 7) is 4.70. The number of ether oxygens (including phenoxy) is 1. The maximum absolute atomic E-state index is 15.6. The Balaban J connectivity index is 1.79. The van der Waals surface area contributed by atoms with Gasteiger partial charge in [-0.2, -0.15) is 0 Å². The Morgan fingerprint density at radius 3 is 2.65 bits per heavy atom. The molecule has 0 saturated heterocycles. The van der Waals surface area contributed by atoms with E-state index in [1.807, 2.05) is 6.92 Å². The fourth-order valence-electron chi connectivity index (χ4n) is 7.57. The van der Waals surface area contributed by atoms with E-state index in [4.69, 9.17) is 16.3 Å². The van der Waals surface area contributed by atoms with Crippen LogP contribution in [0.15, 0.2) is 23.8 Å². The molecule has 1 unspecified atom stereocenters. The first-order valence-electron chi connectivity index (χ1n) is 12.2. The molecule has 3 saturated carbocycles. The van der Waals surface area contributed by atoms with Crippen molar-refractivity contribution in [3.05, 3.63) is 23.8 Å². The molecule has 0 amide bonds. The number of aliphatic hydroxyl groups excluding tert-OH is 2. The first-order valence-corrected chi connectivity index (χ1v) is 12.6. The van der Waals surface area contributed by atoms with Crippen molar-refractivity contribution in [2.75, 3.05) is 6.61 Å². The number of alkyl halides is 2. The number of ketones is 2. The minimum atomic E-state index is -1.60. The van der Waals surface area contributed by atoms with Crippen LogP contribution in [0.5, 0.6) is 0 Å². The topological polar surface area (TPSA) is 101 Å². The second-order valence-electron chi connectivity index (χ2n) is 10.9. The van der Waals surface area contributed by atoms with E-state index in [0.717, 1.165) is 6.42 Å². The standard InChI is InChI=1S/C26H34ClFO6/c1-4-5-6-22(33)34-25(21(32)14-29)10-8-16-17-12-19(28)18-11-15(30)7-9-23(18,2)26(17,27)20(31)13-24(16,25)3/h7,9,11,16-17,19-20,29,31H,4-6,8,10,12-14H2,1-3H3/t16-,17-,19-,20?,23-,24-,25-,26-/m0/s1. The van der Waals surface area contributed by atoms with Gasteiger partial charge in [-0.15, -0.1) is 11.6 Å². The Bertz CT molecular complexity index is 963. The molecule has 0 bridgehead atoms. The van der Waals surface area contributed by atoms with Gasteiger partial charge in [-0.25, -0.2) is 4.39 Å². The molecule has 8 heteroatoms. The van der Waals surface area contributed by atoms with Gasteiger partial charge in [0.05, 0.1) is 11.0 Å². The van der Waals surface area contributed by atoms with Crippen molar-refractivity contribution in [2.45, 2.75) is 88.5 Å². The molecule has 188 valence electrons. The molecule has 4 aliphatic rings. The lowest BCUT2D eigenvalue weighted by atomic mass is 9.45. The number of allylic oxidation sites excluding steroid dienone is 4. The zero-order valence-corrected chi connectivity index (χ0v) is 20.7. The molecule has 3 fully saturated rings. The average Bonchev–Trinajstić information content (AvgIpc) is 3.07. The van der Waals surface area contributed by atoms with Crippen molar-refractivity contribution >= 4 is 29.1 Å². The fraction of sp³-hybridized carbons (Fsp3) is 0.731. The number of esters is 1. The number of hydrogen-bond donors (Lipinski definition) is 2. The zero-order valence-electron chi connectivity index (χ0n) is 20.0. The highest BCUT2D eigenvalue weighted by atomic mass is 35.5. The molecule has 0 heterocycles. The van der Waals surface area contributed by atoms with E-state index >= 15 is 4.39 Å². The molecule has 4 aliphatic carbocycles. The van der Waals surface area contributed by atoms with Crippen molar-refractivity contribution in [3.8, 4) is 0 Å². The van der Waals surface area contributed by atoms with Crippen LogP contribution in [-0.2, 0) is 19.1 Å². The molecule has 0 aromatic carbocycles. The molecule has 0 aliphatic heterocycles. The summed E-state index contributed by atoms with van der Waals surface area (Å²) in [6.07, 6.45) is 3.89. The van der Waals surface area contributed by atoms with E-state index in [-0.39, 0.29) is 43.0 Å². The number of fused-ring (bicyclic) bond motifs is 5. The lowest BCUT2D eigenvalue weighted by Crippen LogP contribution is -2.70. The van der Waals surface area contributed by atoms with Gasteiger partial charge in [0.25, 0.3) is 0 Å². The molecule has 34 heavy (non-hydrogen) atoms. The average molecular weight is 497 g/mol. The third kappa shape index (κ3) is 3.22. The van der Waals surface area contributed by atoms with Crippen LogP contribution in [0.2, 0.25) is 0 Å².